The standard InChI is InChI=1S/C15H14BrClOS/c16-11-5-4-9(12(17)8-11)6-13(18)15-7-10-2-1-3-14(10)19-15/h4-5,7-8,13,18H,1-3,6H2. The van der Waals surface area contributed by atoms with Gasteiger partial charge in [-0.05, 0) is 48.6 Å². The van der Waals surface area contributed by atoms with Crippen LogP contribution in [0.5, 0.6) is 0 Å². The first-order chi connectivity index (χ1) is 9.13. The third-order valence-electron chi connectivity index (χ3n) is 3.52. The summed E-state index contributed by atoms with van der Waals surface area (Å²) in [4.78, 5) is 2.53. The Labute approximate surface area is 130 Å². The number of thiophene rings is 1. The molecule has 0 radical (unpaired) electrons. The Hall–Kier alpha value is -0.350. The van der Waals surface area contributed by atoms with E-state index in [0.29, 0.717) is 11.4 Å². The van der Waals surface area contributed by atoms with Gasteiger partial charge in [-0.3, -0.25) is 0 Å². The fourth-order valence-corrected chi connectivity index (χ4v) is 4.51. The molecule has 2 aromatic rings. The van der Waals surface area contributed by atoms with E-state index < -0.39 is 6.10 Å². The van der Waals surface area contributed by atoms with Crippen molar-refractivity contribution in [3.8, 4) is 0 Å². The molecular formula is C15H14BrClOS. The molecule has 1 nitrogen and oxygen atoms in total. The van der Waals surface area contributed by atoms with Gasteiger partial charge in [0.15, 0.2) is 0 Å². The molecule has 1 aromatic heterocycles. The Kier molecular flexibility index (Phi) is 3.99. The number of halogens is 2. The zero-order valence-corrected chi connectivity index (χ0v) is 13.5. The molecule has 1 atom stereocenters. The molecule has 0 spiro atoms. The largest absolute Gasteiger partial charge is 0.387 e. The van der Waals surface area contributed by atoms with Crippen molar-refractivity contribution in [3.63, 3.8) is 0 Å². The fraction of sp³-hybridized carbons (Fsp3) is 0.333. The number of hydrogen-bond donors (Lipinski definition) is 1. The minimum atomic E-state index is -0.450. The quantitative estimate of drug-likeness (QED) is 0.826. The number of rotatable bonds is 3. The summed E-state index contributed by atoms with van der Waals surface area (Å²) < 4.78 is 0.964. The van der Waals surface area contributed by atoms with Crippen LogP contribution in [0.15, 0.2) is 28.7 Å². The highest BCUT2D eigenvalue weighted by Crippen LogP contribution is 2.35. The molecule has 0 amide bonds. The maximum atomic E-state index is 10.4. The molecule has 0 bridgehead atoms. The Balaban J connectivity index is 1.78. The second-order valence-electron chi connectivity index (χ2n) is 4.91. The van der Waals surface area contributed by atoms with Gasteiger partial charge in [-0.2, -0.15) is 0 Å². The number of aliphatic hydroxyl groups excluding tert-OH is 1. The van der Waals surface area contributed by atoms with Gasteiger partial charge in [0.25, 0.3) is 0 Å². The minimum absolute atomic E-state index is 0.450. The van der Waals surface area contributed by atoms with Crippen molar-refractivity contribution < 1.29 is 5.11 Å². The first kappa shape index (κ1) is 13.6. The summed E-state index contributed by atoms with van der Waals surface area (Å²) in [6.07, 6.45) is 3.72. The molecule has 1 N–H and O–H groups in total. The summed E-state index contributed by atoms with van der Waals surface area (Å²) in [5.74, 6) is 0. The first-order valence-electron chi connectivity index (χ1n) is 6.37. The van der Waals surface area contributed by atoms with Crippen molar-refractivity contribution in [3.05, 3.63) is 54.6 Å². The molecule has 4 heteroatoms. The number of hydrogen-bond acceptors (Lipinski definition) is 2. The Morgan fingerprint density at radius 2 is 2.16 bits per heavy atom. The van der Waals surface area contributed by atoms with Crippen LogP contribution >= 0.6 is 38.9 Å². The lowest BCUT2D eigenvalue weighted by Gasteiger charge is -2.10. The number of aliphatic hydroxyl groups is 1. The lowest BCUT2D eigenvalue weighted by Crippen LogP contribution is -2.00. The molecule has 100 valence electrons. The molecule has 0 saturated carbocycles. The van der Waals surface area contributed by atoms with Gasteiger partial charge in [-0.25, -0.2) is 0 Å². The molecular weight excluding hydrogens is 344 g/mol. The van der Waals surface area contributed by atoms with E-state index in [1.165, 1.54) is 23.3 Å². The van der Waals surface area contributed by atoms with Gasteiger partial charge >= 0.3 is 0 Å². The summed E-state index contributed by atoms with van der Waals surface area (Å²) in [5, 5.41) is 11.1. The molecule has 19 heavy (non-hydrogen) atoms. The molecule has 3 rings (SSSR count). The number of aryl methyl sites for hydroxylation is 2. The van der Waals surface area contributed by atoms with Crippen LogP contribution < -0.4 is 0 Å². The van der Waals surface area contributed by atoms with Crippen molar-refractivity contribution in [2.45, 2.75) is 31.8 Å². The van der Waals surface area contributed by atoms with E-state index in [2.05, 4.69) is 22.0 Å². The highest BCUT2D eigenvalue weighted by molar-refractivity contribution is 9.10. The third-order valence-corrected chi connectivity index (χ3v) is 5.71. The molecule has 0 fully saturated rings. The molecule has 1 heterocycles. The first-order valence-corrected chi connectivity index (χ1v) is 8.35. The van der Waals surface area contributed by atoms with E-state index in [-0.39, 0.29) is 0 Å². The summed E-state index contributed by atoms with van der Waals surface area (Å²) in [7, 11) is 0. The van der Waals surface area contributed by atoms with E-state index in [4.69, 9.17) is 11.6 Å². The van der Waals surface area contributed by atoms with Crippen molar-refractivity contribution >= 4 is 38.9 Å². The highest BCUT2D eigenvalue weighted by atomic mass is 79.9. The zero-order chi connectivity index (χ0) is 13.4. The smallest absolute Gasteiger partial charge is 0.0922 e. The molecule has 1 aliphatic carbocycles. The maximum Gasteiger partial charge on any atom is 0.0922 e. The van der Waals surface area contributed by atoms with Crippen LogP contribution in [0.4, 0.5) is 0 Å². The van der Waals surface area contributed by atoms with Crippen LogP contribution in [-0.4, -0.2) is 5.11 Å². The SMILES string of the molecule is OC(Cc1ccc(Br)cc1Cl)c1cc2c(s1)CCC2. The van der Waals surface area contributed by atoms with Gasteiger partial charge in [0.2, 0.25) is 0 Å². The minimum Gasteiger partial charge on any atom is -0.387 e. The van der Waals surface area contributed by atoms with E-state index in [0.717, 1.165) is 21.3 Å². The van der Waals surface area contributed by atoms with Crippen LogP contribution in [0, 0.1) is 0 Å². The second-order valence-corrected chi connectivity index (χ2v) is 7.40. The van der Waals surface area contributed by atoms with Crippen molar-refractivity contribution in [1.29, 1.82) is 0 Å². The third kappa shape index (κ3) is 2.89. The Bertz CT molecular complexity index is 587. The van der Waals surface area contributed by atoms with Crippen molar-refractivity contribution in [2.24, 2.45) is 0 Å². The average Bonchev–Trinajstić information content (AvgIpc) is 2.93. The number of fused-ring (bicyclic) bond motifs is 1. The van der Waals surface area contributed by atoms with Crippen molar-refractivity contribution in [1.82, 2.24) is 0 Å². The van der Waals surface area contributed by atoms with Gasteiger partial charge in [0, 0.05) is 25.7 Å². The van der Waals surface area contributed by atoms with E-state index in [1.807, 2.05) is 18.2 Å². The fourth-order valence-electron chi connectivity index (χ4n) is 2.51. The van der Waals surface area contributed by atoms with Gasteiger partial charge in [-0.1, -0.05) is 33.6 Å². The zero-order valence-electron chi connectivity index (χ0n) is 10.3. The highest BCUT2D eigenvalue weighted by Gasteiger charge is 2.19. The van der Waals surface area contributed by atoms with Crippen LogP contribution in [0.25, 0.3) is 0 Å². The summed E-state index contributed by atoms with van der Waals surface area (Å²) in [5.41, 5.74) is 2.42. The normalized spacial score (nSPS) is 15.5. The monoisotopic (exact) mass is 356 g/mol. The number of benzene rings is 1. The van der Waals surface area contributed by atoms with Gasteiger partial charge < -0.3 is 5.11 Å². The van der Waals surface area contributed by atoms with Gasteiger partial charge in [0.05, 0.1) is 6.10 Å². The maximum absolute atomic E-state index is 10.4. The van der Waals surface area contributed by atoms with Crippen LogP contribution in [0.2, 0.25) is 5.02 Å². The van der Waals surface area contributed by atoms with E-state index in [9.17, 15) is 5.11 Å². The predicted molar refractivity (Wildman–Crippen MR) is 84.2 cm³/mol. The Morgan fingerprint density at radius 3 is 2.89 bits per heavy atom. The molecule has 1 aliphatic rings. The second kappa shape index (κ2) is 5.57. The predicted octanol–water partition coefficient (Wildman–Crippen LogP) is 4.93. The lowest BCUT2D eigenvalue weighted by molar-refractivity contribution is 0.182. The molecule has 0 saturated heterocycles. The van der Waals surface area contributed by atoms with Crippen molar-refractivity contribution in [2.75, 3.05) is 0 Å². The van der Waals surface area contributed by atoms with Gasteiger partial charge in [-0.15, -0.1) is 11.3 Å². The summed E-state index contributed by atoms with van der Waals surface area (Å²) in [6, 6.07) is 7.97. The molecule has 0 aliphatic heterocycles. The average molecular weight is 358 g/mol. The van der Waals surface area contributed by atoms with E-state index in [1.54, 1.807) is 11.3 Å². The summed E-state index contributed by atoms with van der Waals surface area (Å²) in [6.45, 7) is 0. The summed E-state index contributed by atoms with van der Waals surface area (Å²) >= 11 is 11.3. The van der Waals surface area contributed by atoms with Crippen LogP contribution in [0.1, 0.15) is 33.4 Å². The van der Waals surface area contributed by atoms with Crippen LogP contribution in [-0.2, 0) is 19.3 Å². The Morgan fingerprint density at radius 1 is 1.32 bits per heavy atom. The van der Waals surface area contributed by atoms with Gasteiger partial charge in [0.1, 0.15) is 0 Å². The van der Waals surface area contributed by atoms with E-state index >= 15 is 0 Å². The molecule has 1 aromatic carbocycles. The topological polar surface area (TPSA) is 20.2 Å². The van der Waals surface area contributed by atoms with Crippen LogP contribution in [0.3, 0.4) is 0 Å². The molecule has 1 unspecified atom stereocenters. The lowest BCUT2D eigenvalue weighted by atomic mass is 10.1.